The van der Waals surface area contributed by atoms with E-state index in [0.29, 0.717) is 11.4 Å². The molecule has 0 spiro atoms. The zero-order valence-electron chi connectivity index (χ0n) is 19.4. The molecule has 1 atom stereocenters. The average molecular weight is 459 g/mol. The Hall–Kier alpha value is -3.33. The number of halogens is 1. The van der Waals surface area contributed by atoms with Gasteiger partial charge in [-0.05, 0) is 50.6 Å². The van der Waals surface area contributed by atoms with Gasteiger partial charge in [0.15, 0.2) is 0 Å². The molecule has 0 saturated heterocycles. The molecule has 3 amide bonds. The molecular formula is C24H31FN4O4. The average Bonchev–Trinajstić information content (AvgIpc) is 2.75. The molecule has 0 aliphatic rings. The van der Waals surface area contributed by atoms with Crippen molar-refractivity contribution in [1.29, 1.82) is 0 Å². The first kappa shape index (κ1) is 25.9. The largest absolute Gasteiger partial charge is 0.383 e. The summed E-state index contributed by atoms with van der Waals surface area (Å²) in [7, 11) is 1.49. The third-order valence-corrected chi connectivity index (χ3v) is 4.60. The first-order valence-electron chi connectivity index (χ1n) is 10.7. The predicted molar refractivity (Wildman–Crippen MR) is 123 cm³/mol. The predicted octanol–water partition coefficient (Wildman–Crippen LogP) is 3.07. The minimum absolute atomic E-state index is 0.0874. The van der Waals surface area contributed by atoms with Crippen LogP contribution in [0, 0.1) is 5.82 Å². The van der Waals surface area contributed by atoms with Crippen molar-refractivity contribution in [3.8, 4) is 0 Å². The van der Waals surface area contributed by atoms with Crippen molar-refractivity contribution < 1.29 is 23.5 Å². The summed E-state index contributed by atoms with van der Waals surface area (Å²) in [6.45, 7) is 5.80. The second-order valence-corrected chi connectivity index (χ2v) is 8.54. The molecule has 9 heteroatoms. The Kier molecular flexibility index (Phi) is 9.47. The number of benzene rings is 1. The molecule has 2 rings (SSSR count). The van der Waals surface area contributed by atoms with Crippen LogP contribution in [-0.4, -0.2) is 53.4 Å². The number of methoxy groups -OCH3 is 1. The third kappa shape index (κ3) is 8.61. The van der Waals surface area contributed by atoms with Crippen molar-refractivity contribution in [2.75, 3.05) is 25.6 Å². The lowest BCUT2D eigenvalue weighted by Crippen LogP contribution is -2.50. The van der Waals surface area contributed by atoms with Gasteiger partial charge in [-0.1, -0.05) is 18.2 Å². The van der Waals surface area contributed by atoms with Gasteiger partial charge in [0.2, 0.25) is 17.7 Å². The molecule has 178 valence electrons. The van der Waals surface area contributed by atoms with Gasteiger partial charge in [-0.15, -0.1) is 0 Å². The maximum atomic E-state index is 13.5. The topological polar surface area (TPSA) is 101 Å². The Bertz CT molecular complexity index is 930. The number of hydrogen-bond acceptors (Lipinski definition) is 5. The number of hydrogen-bond donors (Lipinski definition) is 2. The number of rotatable bonds is 10. The normalized spacial score (nSPS) is 12.0. The molecule has 0 saturated carbocycles. The minimum Gasteiger partial charge on any atom is -0.383 e. The Morgan fingerprint density at radius 2 is 1.79 bits per heavy atom. The van der Waals surface area contributed by atoms with Crippen molar-refractivity contribution in [3.05, 3.63) is 60.0 Å². The van der Waals surface area contributed by atoms with Crippen LogP contribution in [0.4, 0.5) is 10.2 Å². The Morgan fingerprint density at radius 1 is 1.09 bits per heavy atom. The molecule has 0 fully saturated rings. The summed E-state index contributed by atoms with van der Waals surface area (Å²) in [5.41, 5.74) is -0.0889. The van der Waals surface area contributed by atoms with E-state index in [4.69, 9.17) is 4.74 Å². The molecule has 0 radical (unpaired) electrons. The van der Waals surface area contributed by atoms with Crippen LogP contribution in [0.5, 0.6) is 0 Å². The summed E-state index contributed by atoms with van der Waals surface area (Å²) in [5, 5.41) is 5.52. The fourth-order valence-corrected chi connectivity index (χ4v) is 3.15. The zero-order chi connectivity index (χ0) is 24.4. The van der Waals surface area contributed by atoms with E-state index >= 15 is 0 Å². The lowest BCUT2D eigenvalue weighted by atomic mass is 10.0. The molecule has 8 nitrogen and oxygen atoms in total. The smallest absolute Gasteiger partial charge is 0.247 e. The number of aromatic nitrogens is 1. The standard InChI is InChI=1S/C24H31FN4O4/c1-24(2,3)28-23(32)22(17-8-10-18(25)11-9-17)29(15-16-33-4)21(31)13-12-20(30)27-19-7-5-6-14-26-19/h5-11,14,22H,12-13,15-16H2,1-4H3,(H,28,32)(H,26,27,30)/t22-/m0/s1. The van der Waals surface area contributed by atoms with Gasteiger partial charge in [0.05, 0.1) is 6.61 Å². The molecule has 1 aromatic heterocycles. The molecule has 0 aliphatic carbocycles. The summed E-state index contributed by atoms with van der Waals surface area (Å²) in [6, 6.07) is 9.54. The number of ether oxygens (including phenoxy) is 1. The SMILES string of the molecule is COCCN(C(=O)CCC(=O)Nc1ccccn1)[C@H](C(=O)NC(C)(C)C)c1ccc(F)cc1. The number of nitrogens with one attached hydrogen (secondary N) is 2. The van der Waals surface area contributed by atoms with Crippen molar-refractivity contribution in [1.82, 2.24) is 15.2 Å². The van der Waals surface area contributed by atoms with Crippen LogP contribution in [0.2, 0.25) is 0 Å². The van der Waals surface area contributed by atoms with E-state index in [0.717, 1.165) is 0 Å². The fourth-order valence-electron chi connectivity index (χ4n) is 3.15. The molecular weight excluding hydrogens is 427 g/mol. The second-order valence-electron chi connectivity index (χ2n) is 8.54. The second kappa shape index (κ2) is 12.1. The van der Waals surface area contributed by atoms with Gasteiger partial charge in [-0.3, -0.25) is 14.4 Å². The summed E-state index contributed by atoms with van der Waals surface area (Å²) >= 11 is 0. The maximum Gasteiger partial charge on any atom is 0.247 e. The van der Waals surface area contributed by atoms with Gasteiger partial charge in [0.1, 0.15) is 17.7 Å². The highest BCUT2D eigenvalue weighted by molar-refractivity contribution is 5.94. The fraction of sp³-hybridized carbons (Fsp3) is 0.417. The van der Waals surface area contributed by atoms with Gasteiger partial charge >= 0.3 is 0 Å². The molecule has 1 heterocycles. The number of anilines is 1. The third-order valence-electron chi connectivity index (χ3n) is 4.60. The van der Waals surface area contributed by atoms with E-state index in [1.807, 2.05) is 20.8 Å². The van der Waals surface area contributed by atoms with Crippen molar-refractivity contribution >= 4 is 23.5 Å². The first-order chi connectivity index (χ1) is 15.6. The Balaban J connectivity index is 2.23. The highest BCUT2D eigenvalue weighted by Gasteiger charge is 2.33. The monoisotopic (exact) mass is 458 g/mol. The molecule has 0 unspecified atom stereocenters. The molecule has 2 aromatic rings. The van der Waals surface area contributed by atoms with Crippen LogP contribution in [0.3, 0.4) is 0 Å². The van der Waals surface area contributed by atoms with Gasteiger partial charge in [-0.25, -0.2) is 9.37 Å². The summed E-state index contributed by atoms with van der Waals surface area (Å²) in [6.07, 6.45) is 1.34. The molecule has 1 aromatic carbocycles. The highest BCUT2D eigenvalue weighted by Crippen LogP contribution is 2.24. The summed E-state index contributed by atoms with van der Waals surface area (Å²) in [5.74, 6) is -1.24. The van der Waals surface area contributed by atoms with E-state index in [2.05, 4.69) is 15.6 Å². The van der Waals surface area contributed by atoms with Crippen LogP contribution >= 0.6 is 0 Å². The van der Waals surface area contributed by atoms with Gasteiger partial charge in [-0.2, -0.15) is 0 Å². The molecule has 33 heavy (non-hydrogen) atoms. The van der Waals surface area contributed by atoms with Crippen LogP contribution < -0.4 is 10.6 Å². The molecule has 2 N–H and O–H groups in total. The Morgan fingerprint density at radius 3 is 2.36 bits per heavy atom. The number of carbonyl (C=O) groups is 3. The van der Waals surface area contributed by atoms with Crippen molar-refractivity contribution in [2.24, 2.45) is 0 Å². The van der Waals surface area contributed by atoms with Gasteiger partial charge in [0.25, 0.3) is 0 Å². The summed E-state index contributed by atoms with van der Waals surface area (Å²) in [4.78, 5) is 44.1. The zero-order valence-corrected chi connectivity index (χ0v) is 19.4. The van der Waals surface area contributed by atoms with Gasteiger partial charge in [0, 0.05) is 38.2 Å². The maximum absolute atomic E-state index is 13.5. The van der Waals surface area contributed by atoms with Crippen LogP contribution in [0.1, 0.15) is 45.2 Å². The van der Waals surface area contributed by atoms with Crippen molar-refractivity contribution in [3.63, 3.8) is 0 Å². The number of amides is 3. The van der Waals surface area contributed by atoms with Gasteiger partial charge < -0.3 is 20.3 Å². The Labute approximate surface area is 193 Å². The lowest BCUT2D eigenvalue weighted by Gasteiger charge is -2.33. The molecule has 0 bridgehead atoms. The highest BCUT2D eigenvalue weighted by atomic mass is 19.1. The van der Waals surface area contributed by atoms with Crippen molar-refractivity contribution in [2.45, 2.75) is 45.2 Å². The minimum atomic E-state index is -1.01. The van der Waals surface area contributed by atoms with E-state index in [1.165, 1.54) is 36.3 Å². The quantitative estimate of drug-likeness (QED) is 0.570. The van der Waals surface area contributed by atoms with E-state index < -0.39 is 29.2 Å². The summed E-state index contributed by atoms with van der Waals surface area (Å²) < 4.78 is 18.7. The van der Waals surface area contributed by atoms with Crippen LogP contribution in [-0.2, 0) is 19.1 Å². The lowest BCUT2D eigenvalue weighted by molar-refractivity contribution is -0.142. The number of carbonyl (C=O) groups excluding carboxylic acids is 3. The van der Waals surface area contributed by atoms with Crippen LogP contribution in [0.15, 0.2) is 48.7 Å². The van der Waals surface area contributed by atoms with E-state index in [-0.39, 0.29) is 31.9 Å². The first-order valence-corrected chi connectivity index (χ1v) is 10.7. The van der Waals surface area contributed by atoms with Crippen LogP contribution in [0.25, 0.3) is 0 Å². The molecule has 0 aliphatic heterocycles. The van der Waals surface area contributed by atoms with E-state index in [9.17, 15) is 18.8 Å². The number of nitrogens with zero attached hydrogens (tertiary/aromatic N) is 2. The van der Waals surface area contributed by atoms with E-state index in [1.54, 1.807) is 24.4 Å². The number of pyridine rings is 1.